The molecule has 0 unspecified atom stereocenters. The van der Waals surface area contributed by atoms with E-state index < -0.39 is 0 Å². The fourth-order valence-corrected chi connectivity index (χ4v) is 4.59. The van der Waals surface area contributed by atoms with Gasteiger partial charge in [0.15, 0.2) is 10.9 Å². The van der Waals surface area contributed by atoms with Crippen molar-refractivity contribution in [2.45, 2.75) is 38.5 Å². The average Bonchev–Trinajstić information content (AvgIpc) is 2.86. The maximum atomic E-state index is 13.4. The van der Waals surface area contributed by atoms with Gasteiger partial charge in [0, 0.05) is 23.6 Å². The van der Waals surface area contributed by atoms with Gasteiger partial charge in [0.2, 0.25) is 0 Å². The Balaban J connectivity index is 1.47. The summed E-state index contributed by atoms with van der Waals surface area (Å²) in [6, 6.07) is 10.4. The molecule has 170 valence electrons. The molecular weight excluding hydrogens is 420 g/mol. The van der Waals surface area contributed by atoms with Crippen molar-refractivity contribution in [1.29, 1.82) is 0 Å². The standard InChI is InChI=1S/C27H26O6/c1-30-20-10-11-21-24(13-20)33-15-18(26(21)28)12-19-16-32-23-9-5-8-22(25(23)27(19)29)31-14-17-6-3-2-4-7-17/h5,8-11,13,15-17H,2-4,6-7,12,14H2,1H3. The summed E-state index contributed by atoms with van der Waals surface area (Å²) in [5.74, 6) is 1.66. The average molecular weight is 446 g/mol. The molecule has 6 nitrogen and oxygen atoms in total. The van der Waals surface area contributed by atoms with Gasteiger partial charge in [-0.2, -0.15) is 0 Å². The number of ether oxygens (including phenoxy) is 2. The van der Waals surface area contributed by atoms with Crippen LogP contribution in [0.2, 0.25) is 0 Å². The van der Waals surface area contributed by atoms with E-state index in [1.165, 1.54) is 31.8 Å². The molecule has 2 aromatic carbocycles. The third-order valence-electron chi connectivity index (χ3n) is 6.47. The van der Waals surface area contributed by atoms with Crippen LogP contribution >= 0.6 is 0 Å². The van der Waals surface area contributed by atoms with Crippen LogP contribution in [-0.2, 0) is 6.42 Å². The number of methoxy groups -OCH3 is 1. The highest BCUT2D eigenvalue weighted by Crippen LogP contribution is 2.28. The molecule has 0 atom stereocenters. The molecule has 1 saturated carbocycles. The molecule has 0 radical (unpaired) electrons. The molecule has 2 aromatic heterocycles. The Morgan fingerprint density at radius 3 is 2.45 bits per heavy atom. The summed E-state index contributed by atoms with van der Waals surface area (Å²) in [5.41, 5.74) is 1.32. The first-order chi connectivity index (χ1) is 16.1. The summed E-state index contributed by atoms with van der Waals surface area (Å²) in [5, 5.41) is 0.857. The van der Waals surface area contributed by atoms with E-state index in [-0.39, 0.29) is 17.3 Å². The van der Waals surface area contributed by atoms with Crippen molar-refractivity contribution in [2.24, 2.45) is 5.92 Å². The second kappa shape index (κ2) is 9.14. The Morgan fingerprint density at radius 1 is 0.909 bits per heavy atom. The van der Waals surface area contributed by atoms with Gasteiger partial charge in [-0.25, -0.2) is 0 Å². The molecule has 6 heteroatoms. The van der Waals surface area contributed by atoms with Gasteiger partial charge in [0.1, 0.15) is 28.1 Å². The van der Waals surface area contributed by atoms with E-state index in [0.29, 0.717) is 57.1 Å². The van der Waals surface area contributed by atoms with Crippen LogP contribution in [-0.4, -0.2) is 13.7 Å². The molecule has 0 aliphatic heterocycles. The number of fused-ring (bicyclic) bond motifs is 2. The summed E-state index contributed by atoms with van der Waals surface area (Å²) < 4.78 is 22.7. The zero-order valence-electron chi connectivity index (χ0n) is 18.6. The topological polar surface area (TPSA) is 78.9 Å². The van der Waals surface area contributed by atoms with Crippen LogP contribution in [0.5, 0.6) is 11.5 Å². The number of hydrogen-bond acceptors (Lipinski definition) is 6. The lowest BCUT2D eigenvalue weighted by Crippen LogP contribution is -2.17. The second-order valence-corrected chi connectivity index (χ2v) is 8.66. The molecule has 1 aliphatic rings. The van der Waals surface area contributed by atoms with Gasteiger partial charge in [-0.3, -0.25) is 9.59 Å². The van der Waals surface area contributed by atoms with Gasteiger partial charge in [-0.15, -0.1) is 0 Å². The summed E-state index contributed by atoms with van der Waals surface area (Å²) in [4.78, 5) is 26.4. The minimum atomic E-state index is -0.190. The lowest BCUT2D eigenvalue weighted by molar-refractivity contribution is 0.210. The van der Waals surface area contributed by atoms with Crippen molar-refractivity contribution in [3.05, 3.63) is 80.5 Å². The summed E-state index contributed by atoms with van der Waals surface area (Å²) >= 11 is 0. The van der Waals surface area contributed by atoms with E-state index in [4.69, 9.17) is 18.3 Å². The molecule has 0 spiro atoms. The largest absolute Gasteiger partial charge is 0.497 e. The van der Waals surface area contributed by atoms with E-state index in [1.807, 2.05) is 12.1 Å². The Labute approximate surface area is 190 Å². The SMILES string of the molecule is COc1ccc2c(=O)c(Cc3coc4cccc(OCC5CCCCC5)c4c3=O)coc2c1. The van der Waals surface area contributed by atoms with Gasteiger partial charge in [-0.05, 0) is 43.0 Å². The Hall–Kier alpha value is -3.54. The second-order valence-electron chi connectivity index (χ2n) is 8.66. The quantitative estimate of drug-likeness (QED) is 0.391. The van der Waals surface area contributed by atoms with Crippen LogP contribution in [0.4, 0.5) is 0 Å². The van der Waals surface area contributed by atoms with Crippen LogP contribution in [0.15, 0.2) is 67.3 Å². The Kier molecular flexibility index (Phi) is 5.90. The van der Waals surface area contributed by atoms with E-state index in [1.54, 1.807) is 31.4 Å². The van der Waals surface area contributed by atoms with Crippen molar-refractivity contribution >= 4 is 21.9 Å². The molecular formula is C27H26O6. The first kappa shape index (κ1) is 21.3. The van der Waals surface area contributed by atoms with Crippen molar-refractivity contribution in [3.63, 3.8) is 0 Å². The summed E-state index contributed by atoms with van der Waals surface area (Å²) in [6.07, 6.45) is 9.01. The van der Waals surface area contributed by atoms with E-state index in [2.05, 4.69) is 0 Å². The van der Waals surface area contributed by atoms with Crippen molar-refractivity contribution in [2.75, 3.05) is 13.7 Å². The van der Waals surface area contributed by atoms with E-state index in [0.717, 1.165) is 12.8 Å². The van der Waals surface area contributed by atoms with Gasteiger partial charge in [0.25, 0.3) is 0 Å². The zero-order chi connectivity index (χ0) is 22.8. The van der Waals surface area contributed by atoms with Crippen LogP contribution < -0.4 is 20.3 Å². The molecule has 5 rings (SSSR count). The highest BCUT2D eigenvalue weighted by atomic mass is 16.5. The molecule has 1 fully saturated rings. The minimum Gasteiger partial charge on any atom is -0.497 e. The van der Waals surface area contributed by atoms with Crippen LogP contribution in [0.3, 0.4) is 0 Å². The predicted octanol–water partition coefficient (Wildman–Crippen LogP) is 5.46. The monoisotopic (exact) mass is 446 g/mol. The minimum absolute atomic E-state index is 0.111. The van der Waals surface area contributed by atoms with Crippen molar-refractivity contribution in [1.82, 2.24) is 0 Å². The molecule has 0 amide bonds. The van der Waals surface area contributed by atoms with E-state index in [9.17, 15) is 9.59 Å². The normalized spacial score (nSPS) is 14.6. The van der Waals surface area contributed by atoms with Crippen LogP contribution in [0.25, 0.3) is 21.9 Å². The molecule has 0 N–H and O–H groups in total. The lowest BCUT2D eigenvalue weighted by Gasteiger charge is -2.22. The third-order valence-corrected chi connectivity index (χ3v) is 6.47. The molecule has 1 aliphatic carbocycles. The maximum Gasteiger partial charge on any atom is 0.199 e. The van der Waals surface area contributed by atoms with Crippen LogP contribution in [0.1, 0.15) is 43.2 Å². The lowest BCUT2D eigenvalue weighted by atomic mass is 9.90. The predicted molar refractivity (Wildman–Crippen MR) is 126 cm³/mol. The fourth-order valence-electron chi connectivity index (χ4n) is 4.59. The number of benzene rings is 2. The first-order valence-electron chi connectivity index (χ1n) is 11.4. The van der Waals surface area contributed by atoms with E-state index >= 15 is 0 Å². The highest BCUT2D eigenvalue weighted by Gasteiger charge is 2.18. The number of rotatable bonds is 6. The molecule has 4 aromatic rings. The summed E-state index contributed by atoms with van der Waals surface area (Å²) in [6.45, 7) is 0.598. The Morgan fingerprint density at radius 2 is 1.67 bits per heavy atom. The van der Waals surface area contributed by atoms with Crippen LogP contribution in [0, 0.1) is 5.92 Å². The van der Waals surface area contributed by atoms with Gasteiger partial charge >= 0.3 is 0 Å². The molecule has 0 saturated heterocycles. The zero-order valence-corrected chi connectivity index (χ0v) is 18.6. The van der Waals surface area contributed by atoms with Gasteiger partial charge in [-0.1, -0.05) is 25.3 Å². The smallest absolute Gasteiger partial charge is 0.199 e. The summed E-state index contributed by atoms with van der Waals surface area (Å²) in [7, 11) is 1.56. The molecule has 0 bridgehead atoms. The van der Waals surface area contributed by atoms with Gasteiger partial charge in [0.05, 0.1) is 31.6 Å². The molecule has 2 heterocycles. The number of hydrogen-bond donors (Lipinski definition) is 0. The third kappa shape index (κ3) is 4.25. The Bertz CT molecular complexity index is 1410. The van der Waals surface area contributed by atoms with Gasteiger partial charge < -0.3 is 18.3 Å². The first-order valence-corrected chi connectivity index (χ1v) is 11.4. The van der Waals surface area contributed by atoms with Crippen molar-refractivity contribution < 1.29 is 18.3 Å². The fraction of sp³-hybridized carbons (Fsp3) is 0.333. The highest BCUT2D eigenvalue weighted by molar-refractivity contribution is 5.84. The van der Waals surface area contributed by atoms with Crippen molar-refractivity contribution in [3.8, 4) is 11.5 Å². The molecule has 33 heavy (non-hydrogen) atoms. The maximum absolute atomic E-state index is 13.4.